The van der Waals surface area contributed by atoms with Crippen molar-refractivity contribution >= 4 is 26.0 Å². The number of rotatable bonds is 5. The number of ether oxygens (including phenoxy) is 1. The summed E-state index contributed by atoms with van der Waals surface area (Å²) in [5.74, 6) is 0.334. The van der Waals surface area contributed by atoms with Crippen LogP contribution in [0.4, 0.5) is 0 Å². The van der Waals surface area contributed by atoms with Crippen molar-refractivity contribution in [3.8, 4) is 5.75 Å². The summed E-state index contributed by atoms with van der Waals surface area (Å²) in [7, 11) is -2.21. The fourth-order valence-corrected chi connectivity index (χ4v) is 3.86. The van der Waals surface area contributed by atoms with E-state index in [0.717, 1.165) is 15.6 Å². The Labute approximate surface area is 139 Å². The molecule has 0 aliphatic rings. The topological polar surface area (TPSA) is 55.4 Å². The first-order valence-electron chi connectivity index (χ1n) is 6.76. The molecule has 0 fully saturated rings. The van der Waals surface area contributed by atoms with Crippen molar-refractivity contribution in [1.29, 1.82) is 0 Å². The summed E-state index contributed by atoms with van der Waals surface area (Å²) < 4.78 is 34.0. The summed E-state index contributed by atoms with van der Waals surface area (Å²) in [6.07, 6.45) is 0. The van der Waals surface area contributed by atoms with Gasteiger partial charge in [0, 0.05) is 10.5 Å². The minimum atomic E-state index is -3.67. The minimum absolute atomic E-state index is 0.152. The van der Waals surface area contributed by atoms with Crippen molar-refractivity contribution in [2.45, 2.75) is 24.8 Å². The maximum Gasteiger partial charge on any atom is 0.244 e. The zero-order valence-corrected chi connectivity index (χ0v) is 15.0. The van der Waals surface area contributed by atoms with E-state index >= 15 is 0 Å². The molecule has 0 radical (unpaired) electrons. The molecular formula is C16H18BrNO3S. The van der Waals surface area contributed by atoms with Crippen LogP contribution in [0.3, 0.4) is 0 Å². The normalized spacial score (nSPS) is 12.9. The van der Waals surface area contributed by atoms with Crippen molar-refractivity contribution in [3.63, 3.8) is 0 Å². The second kappa shape index (κ2) is 6.81. The van der Waals surface area contributed by atoms with Crippen molar-refractivity contribution in [1.82, 2.24) is 4.72 Å². The highest BCUT2D eigenvalue weighted by Gasteiger charge is 2.22. The van der Waals surface area contributed by atoms with E-state index < -0.39 is 10.0 Å². The third kappa shape index (κ3) is 3.88. The first-order chi connectivity index (χ1) is 10.3. The van der Waals surface area contributed by atoms with E-state index in [0.29, 0.717) is 5.75 Å². The number of aryl methyl sites for hydroxylation is 1. The molecule has 0 amide bonds. The maximum absolute atomic E-state index is 12.6. The third-order valence-corrected chi connectivity index (χ3v) is 5.40. The number of methoxy groups -OCH3 is 1. The molecular weight excluding hydrogens is 366 g/mol. The Morgan fingerprint density at radius 3 is 2.36 bits per heavy atom. The number of hydrogen-bond acceptors (Lipinski definition) is 3. The van der Waals surface area contributed by atoms with Gasteiger partial charge in [-0.3, -0.25) is 0 Å². The molecule has 0 aromatic heterocycles. The van der Waals surface area contributed by atoms with Gasteiger partial charge in [0.15, 0.2) is 0 Å². The highest BCUT2D eigenvalue weighted by atomic mass is 79.9. The van der Waals surface area contributed by atoms with Crippen LogP contribution in [-0.4, -0.2) is 15.5 Å². The van der Waals surface area contributed by atoms with Gasteiger partial charge in [-0.25, -0.2) is 13.1 Å². The average molecular weight is 384 g/mol. The molecule has 0 aliphatic carbocycles. The fourth-order valence-electron chi connectivity index (χ4n) is 2.11. The van der Waals surface area contributed by atoms with Gasteiger partial charge in [0.1, 0.15) is 10.6 Å². The molecule has 0 saturated heterocycles. The molecule has 0 spiro atoms. The molecule has 0 aliphatic heterocycles. The largest absolute Gasteiger partial charge is 0.495 e. The zero-order chi connectivity index (χ0) is 16.3. The summed E-state index contributed by atoms with van der Waals surface area (Å²) in [4.78, 5) is 0.152. The molecule has 118 valence electrons. The third-order valence-electron chi connectivity index (χ3n) is 3.31. The number of hydrogen-bond donors (Lipinski definition) is 1. The number of benzene rings is 2. The number of halogens is 1. The first kappa shape index (κ1) is 17.0. The van der Waals surface area contributed by atoms with Crippen LogP contribution >= 0.6 is 15.9 Å². The molecule has 2 aromatic rings. The van der Waals surface area contributed by atoms with E-state index in [-0.39, 0.29) is 10.9 Å². The molecule has 2 rings (SSSR count). The molecule has 0 saturated carbocycles. The molecule has 22 heavy (non-hydrogen) atoms. The molecule has 4 nitrogen and oxygen atoms in total. The predicted molar refractivity (Wildman–Crippen MR) is 90.6 cm³/mol. The smallest absolute Gasteiger partial charge is 0.244 e. The summed E-state index contributed by atoms with van der Waals surface area (Å²) in [5, 5.41) is 0. The van der Waals surface area contributed by atoms with Gasteiger partial charge in [-0.15, -0.1) is 0 Å². The van der Waals surface area contributed by atoms with Crippen LogP contribution in [-0.2, 0) is 10.0 Å². The van der Waals surface area contributed by atoms with Crippen LogP contribution in [0.15, 0.2) is 51.8 Å². The summed E-state index contributed by atoms with van der Waals surface area (Å²) >= 11 is 3.36. The average Bonchev–Trinajstić information content (AvgIpc) is 2.47. The van der Waals surface area contributed by atoms with Gasteiger partial charge < -0.3 is 4.74 Å². The van der Waals surface area contributed by atoms with Crippen LogP contribution < -0.4 is 9.46 Å². The summed E-state index contributed by atoms with van der Waals surface area (Å²) in [5.41, 5.74) is 1.75. The van der Waals surface area contributed by atoms with Crippen molar-refractivity contribution in [2.75, 3.05) is 7.11 Å². The van der Waals surface area contributed by atoms with Crippen molar-refractivity contribution in [2.24, 2.45) is 0 Å². The van der Waals surface area contributed by atoms with Gasteiger partial charge >= 0.3 is 0 Å². The lowest BCUT2D eigenvalue weighted by molar-refractivity contribution is 0.402. The van der Waals surface area contributed by atoms with Gasteiger partial charge in [-0.1, -0.05) is 34.1 Å². The van der Waals surface area contributed by atoms with Crippen molar-refractivity contribution in [3.05, 3.63) is 58.1 Å². The van der Waals surface area contributed by atoms with E-state index in [2.05, 4.69) is 20.7 Å². The lowest BCUT2D eigenvalue weighted by atomic mass is 10.1. The monoisotopic (exact) mass is 383 g/mol. The molecule has 1 unspecified atom stereocenters. The molecule has 2 aromatic carbocycles. The Balaban J connectivity index is 2.31. The van der Waals surface area contributed by atoms with Gasteiger partial charge in [-0.2, -0.15) is 0 Å². The van der Waals surface area contributed by atoms with E-state index in [1.165, 1.54) is 7.11 Å². The minimum Gasteiger partial charge on any atom is -0.495 e. The lowest BCUT2D eigenvalue weighted by Gasteiger charge is -2.16. The molecule has 0 bridgehead atoms. The Morgan fingerprint density at radius 2 is 1.77 bits per heavy atom. The Bertz CT molecular complexity index is 757. The second-order valence-corrected chi connectivity index (χ2v) is 7.65. The SMILES string of the molecule is COc1ccc(C)cc1S(=O)(=O)NC(C)c1ccc(Br)cc1. The molecule has 0 heterocycles. The molecule has 6 heteroatoms. The Morgan fingerprint density at radius 1 is 1.14 bits per heavy atom. The molecule has 1 N–H and O–H groups in total. The zero-order valence-electron chi connectivity index (χ0n) is 12.6. The first-order valence-corrected chi connectivity index (χ1v) is 9.03. The van der Waals surface area contributed by atoms with Crippen molar-refractivity contribution < 1.29 is 13.2 Å². The summed E-state index contributed by atoms with van der Waals surface area (Å²) in [6, 6.07) is 12.3. The van der Waals surface area contributed by atoms with E-state index in [4.69, 9.17) is 4.74 Å². The van der Waals surface area contributed by atoms with Gasteiger partial charge in [-0.05, 0) is 49.2 Å². The lowest BCUT2D eigenvalue weighted by Crippen LogP contribution is -2.27. The quantitative estimate of drug-likeness (QED) is 0.853. The van der Waals surface area contributed by atoms with Crippen LogP contribution in [0.5, 0.6) is 5.75 Å². The van der Waals surface area contributed by atoms with Gasteiger partial charge in [0.2, 0.25) is 10.0 Å². The fraction of sp³-hybridized carbons (Fsp3) is 0.250. The van der Waals surface area contributed by atoms with Crippen LogP contribution in [0.25, 0.3) is 0 Å². The van der Waals surface area contributed by atoms with E-state index in [1.807, 2.05) is 44.2 Å². The van der Waals surface area contributed by atoms with Gasteiger partial charge in [0.05, 0.1) is 7.11 Å². The van der Waals surface area contributed by atoms with Crippen LogP contribution in [0.1, 0.15) is 24.1 Å². The van der Waals surface area contributed by atoms with Crippen LogP contribution in [0, 0.1) is 6.92 Å². The second-order valence-electron chi connectivity index (χ2n) is 5.05. The Hall–Kier alpha value is -1.37. The van der Waals surface area contributed by atoms with Crippen LogP contribution in [0.2, 0.25) is 0 Å². The maximum atomic E-state index is 12.6. The van der Waals surface area contributed by atoms with Gasteiger partial charge in [0.25, 0.3) is 0 Å². The highest BCUT2D eigenvalue weighted by Crippen LogP contribution is 2.26. The Kier molecular flexibility index (Phi) is 5.26. The van der Waals surface area contributed by atoms with E-state index in [9.17, 15) is 8.42 Å². The standard InChI is InChI=1S/C16H18BrNO3S/c1-11-4-9-15(21-3)16(10-11)22(19,20)18-12(2)13-5-7-14(17)8-6-13/h4-10,12,18H,1-3H3. The van der Waals surface area contributed by atoms with E-state index in [1.54, 1.807) is 12.1 Å². The number of nitrogens with one attached hydrogen (secondary N) is 1. The highest BCUT2D eigenvalue weighted by molar-refractivity contribution is 9.10. The number of sulfonamides is 1. The predicted octanol–water partition coefficient (Wildman–Crippen LogP) is 3.81. The molecule has 1 atom stereocenters. The summed E-state index contributed by atoms with van der Waals surface area (Å²) in [6.45, 7) is 3.65.